The molecular weight excluding hydrogens is 264 g/mol. The second kappa shape index (κ2) is 5.71. The molecule has 0 fully saturated rings. The first kappa shape index (κ1) is 13.4. The quantitative estimate of drug-likeness (QED) is 0.899. The summed E-state index contributed by atoms with van der Waals surface area (Å²) in [6.45, 7) is 1.85. The highest BCUT2D eigenvalue weighted by molar-refractivity contribution is 6.33. The van der Waals surface area contributed by atoms with Crippen molar-refractivity contribution < 1.29 is 9.90 Å². The smallest absolute Gasteiger partial charge is 0.330 e. The van der Waals surface area contributed by atoms with Crippen molar-refractivity contribution in [3.05, 3.63) is 58.9 Å². The van der Waals surface area contributed by atoms with E-state index >= 15 is 0 Å². The van der Waals surface area contributed by atoms with Crippen LogP contribution < -0.4 is 5.32 Å². The first-order valence-electron chi connectivity index (χ1n) is 5.74. The van der Waals surface area contributed by atoms with Gasteiger partial charge in [-0.15, -0.1) is 0 Å². The van der Waals surface area contributed by atoms with E-state index in [1.165, 1.54) is 0 Å². The van der Waals surface area contributed by atoms with Gasteiger partial charge < -0.3 is 10.4 Å². The van der Waals surface area contributed by atoms with E-state index < -0.39 is 12.0 Å². The number of nitrogens with zero attached hydrogens (tertiary/aromatic N) is 1. The average molecular weight is 277 g/mol. The molecule has 1 aromatic heterocycles. The minimum Gasteiger partial charge on any atom is -0.479 e. The molecule has 2 N–H and O–H groups in total. The van der Waals surface area contributed by atoms with Crippen LogP contribution in [0.5, 0.6) is 0 Å². The molecule has 98 valence electrons. The third-order valence-corrected chi connectivity index (χ3v) is 3.14. The molecule has 0 aliphatic rings. The summed E-state index contributed by atoms with van der Waals surface area (Å²) in [5.41, 5.74) is 2.07. The highest BCUT2D eigenvalue weighted by Gasteiger charge is 2.22. The zero-order chi connectivity index (χ0) is 13.8. The van der Waals surface area contributed by atoms with Crippen molar-refractivity contribution in [2.75, 3.05) is 5.32 Å². The van der Waals surface area contributed by atoms with Gasteiger partial charge in [0.1, 0.15) is 0 Å². The van der Waals surface area contributed by atoms with Gasteiger partial charge in [0.15, 0.2) is 6.04 Å². The number of carboxylic acids is 1. The van der Waals surface area contributed by atoms with Crippen LogP contribution in [0, 0.1) is 6.92 Å². The van der Waals surface area contributed by atoms with Crippen LogP contribution in [-0.4, -0.2) is 16.1 Å². The van der Waals surface area contributed by atoms with Gasteiger partial charge in [0.25, 0.3) is 0 Å². The predicted octanol–water partition coefficient (Wildman–Crippen LogP) is 3.28. The van der Waals surface area contributed by atoms with Crippen molar-refractivity contribution in [3.63, 3.8) is 0 Å². The summed E-state index contributed by atoms with van der Waals surface area (Å²) in [4.78, 5) is 15.4. The van der Waals surface area contributed by atoms with Crippen LogP contribution in [0.15, 0.2) is 42.7 Å². The third-order valence-electron chi connectivity index (χ3n) is 2.81. The van der Waals surface area contributed by atoms with Crippen LogP contribution in [0.3, 0.4) is 0 Å². The SMILES string of the molecule is Cc1ccncc1C(Nc1ccccc1Cl)C(=O)O. The van der Waals surface area contributed by atoms with Crippen molar-refractivity contribution in [2.45, 2.75) is 13.0 Å². The van der Waals surface area contributed by atoms with Crippen LogP contribution >= 0.6 is 11.6 Å². The van der Waals surface area contributed by atoms with E-state index in [4.69, 9.17) is 11.6 Å². The summed E-state index contributed by atoms with van der Waals surface area (Å²) >= 11 is 6.03. The number of carboxylic acid groups (broad SMARTS) is 1. The zero-order valence-electron chi connectivity index (χ0n) is 10.3. The third kappa shape index (κ3) is 3.03. The second-order valence-corrected chi connectivity index (χ2v) is 4.53. The van der Waals surface area contributed by atoms with Crippen molar-refractivity contribution in [3.8, 4) is 0 Å². The zero-order valence-corrected chi connectivity index (χ0v) is 11.1. The number of aliphatic carboxylic acids is 1. The van der Waals surface area contributed by atoms with E-state index in [9.17, 15) is 9.90 Å². The molecule has 5 heteroatoms. The number of hydrogen-bond acceptors (Lipinski definition) is 3. The number of aromatic nitrogens is 1. The maximum Gasteiger partial charge on any atom is 0.330 e. The average Bonchev–Trinajstić information content (AvgIpc) is 2.38. The highest BCUT2D eigenvalue weighted by atomic mass is 35.5. The number of carbonyl (C=O) groups is 1. The molecule has 1 heterocycles. The molecule has 2 aromatic rings. The molecule has 0 aliphatic heterocycles. The molecule has 0 amide bonds. The highest BCUT2D eigenvalue weighted by Crippen LogP contribution is 2.27. The summed E-state index contributed by atoms with van der Waals surface area (Å²) in [6.07, 6.45) is 3.19. The lowest BCUT2D eigenvalue weighted by atomic mass is 10.0. The summed E-state index contributed by atoms with van der Waals surface area (Å²) in [5, 5.41) is 12.8. The molecule has 0 spiro atoms. The minimum atomic E-state index is -0.976. The fourth-order valence-corrected chi connectivity index (χ4v) is 1.97. The van der Waals surface area contributed by atoms with Gasteiger partial charge in [-0.2, -0.15) is 0 Å². The number of benzene rings is 1. The molecule has 1 unspecified atom stereocenters. The Kier molecular flexibility index (Phi) is 4.02. The lowest BCUT2D eigenvalue weighted by Crippen LogP contribution is -2.21. The van der Waals surface area contributed by atoms with E-state index in [0.29, 0.717) is 16.3 Å². The Labute approximate surface area is 116 Å². The molecular formula is C14H13ClN2O2. The Morgan fingerprint density at radius 2 is 2.11 bits per heavy atom. The first-order chi connectivity index (χ1) is 9.09. The van der Waals surface area contributed by atoms with Crippen molar-refractivity contribution >= 4 is 23.3 Å². The largest absolute Gasteiger partial charge is 0.479 e. The summed E-state index contributed by atoms with van der Waals surface area (Å²) in [6, 6.07) is 7.93. The monoisotopic (exact) mass is 276 g/mol. The molecule has 4 nitrogen and oxygen atoms in total. The van der Waals surface area contributed by atoms with Gasteiger partial charge in [-0.3, -0.25) is 4.98 Å². The fourth-order valence-electron chi connectivity index (χ4n) is 1.78. The molecule has 1 atom stereocenters. The molecule has 0 bridgehead atoms. The standard InChI is InChI=1S/C14H13ClN2O2/c1-9-6-7-16-8-10(9)13(14(18)19)17-12-5-3-2-4-11(12)15/h2-8,13,17H,1H3,(H,18,19). The Balaban J connectivity index is 2.35. The molecule has 19 heavy (non-hydrogen) atoms. The van der Waals surface area contributed by atoms with Crippen molar-refractivity contribution in [1.82, 2.24) is 4.98 Å². The van der Waals surface area contributed by atoms with Crippen molar-refractivity contribution in [2.24, 2.45) is 0 Å². The minimum absolute atomic E-state index is 0.482. The number of hydrogen-bond donors (Lipinski definition) is 2. The summed E-state index contributed by atoms with van der Waals surface area (Å²) in [5.74, 6) is -0.976. The van der Waals surface area contributed by atoms with E-state index in [0.717, 1.165) is 5.56 Å². The van der Waals surface area contributed by atoms with Gasteiger partial charge in [-0.25, -0.2) is 4.79 Å². The van der Waals surface area contributed by atoms with Gasteiger partial charge >= 0.3 is 5.97 Å². The van der Waals surface area contributed by atoms with Gasteiger partial charge in [0, 0.05) is 18.0 Å². The van der Waals surface area contributed by atoms with Gasteiger partial charge in [0.2, 0.25) is 0 Å². The van der Waals surface area contributed by atoms with Gasteiger partial charge in [-0.1, -0.05) is 23.7 Å². The van der Waals surface area contributed by atoms with Gasteiger partial charge in [0.05, 0.1) is 10.7 Å². The number of halogens is 1. The van der Waals surface area contributed by atoms with E-state index in [1.807, 2.05) is 6.92 Å². The maximum absolute atomic E-state index is 11.4. The Hall–Kier alpha value is -2.07. The maximum atomic E-state index is 11.4. The van der Waals surface area contributed by atoms with Crippen LogP contribution in [0.2, 0.25) is 5.02 Å². The number of anilines is 1. The normalized spacial score (nSPS) is 11.9. The fraction of sp³-hybridized carbons (Fsp3) is 0.143. The molecule has 1 aromatic carbocycles. The predicted molar refractivity (Wildman–Crippen MR) is 74.4 cm³/mol. The lowest BCUT2D eigenvalue weighted by molar-refractivity contribution is -0.138. The van der Waals surface area contributed by atoms with Gasteiger partial charge in [-0.05, 0) is 30.7 Å². The Morgan fingerprint density at radius 3 is 2.74 bits per heavy atom. The first-order valence-corrected chi connectivity index (χ1v) is 6.12. The molecule has 0 saturated heterocycles. The summed E-state index contributed by atoms with van der Waals surface area (Å²) < 4.78 is 0. The molecule has 0 saturated carbocycles. The van der Waals surface area contributed by atoms with E-state index in [-0.39, 0.29) is 0 Å². The number of para-hydroxylation sites is 1. The second-order valence-electron chi connectivity index (χ2n) is 4.13. The molecule has 2 rings (SSSR count). The van der Waals surface area contributed by atoms with Crippen LogP contribution in [0.4, 0.5) is 5.69 Å². The summed E-state index contributed by atoms with van der Waals surface area (Å²) in [7, 11) is 0. The van der Waals surface area contributed by atoms with Crippen LogP contribution in [0.1, 0.15) is 17.2 Å². The topological polar surface area (TPSA) is 62.2 Å². The number of rotatable bonds is 4. The lowest BCUT2D eigenvalue weighted by Gasteiger charge is -2.18. The Morgan fingerprint density at radius 1 is 1.37 bits per heavy atom. The van der Waals surface area contributed by atoms with Crippen molar-refractivity contribution in [1.29, 1.82) is 0 Å². The number of nitrogens with one attached hydrogen (secondary N) is 1. The van der Waals surface area contributed by atoms with Crippen LogP contribution in [0.25, 0.3) is 0 Å². The Bertz CT molecular complexity index is 602. The number of pyridine rings is 1. The molecule has 0 radical (unpaired) electrons. The van der Waals surface area contributed by atoms with Crippen LogP contribution in [-0.2, 0) is 4.79 Å². The van der Waals surface area contributed by atoms with E-state index in [2.05, 4.69) is 10.3 Å². The number of aryl methyl sites for hydroxylation is 1. The van der Waals surface area contributed by atoms with E-state index in [1.54, 1.807) is 42.7 Å². The molecule has 0 aliphatic carbocycles.